The zero-order valence-electron chi connectivity index (χ0n) is 17.0. The molecule has 3 aromatic rings. The van der Waals surface area contributed by atoms with E-state index in [0.717, 1.165) is 22.5 Å². The Labute approximate surface area is 177 Å². The van der Waals surface area contributed by atoms with Crippen molar-refractivity contribution in [3.05, 3.63) is 57.6 Å². The Hall–Kier alpha value is -3.46. The Morgan fingerprint density at radius 1 is 1.17 bits per heavy atom. The molecule has 30 heavy (non-hydrogen) atoms. The number of nitrogens with zero attached hydrogens (tertiary/aromatic N) is 1. The number of amides is 2. The van der Waals surface area contributed by atoms with Gasteiger partial charge in [0.2, 0.25) is 0 Å². The van der Waals surface area contributed by atoms with Crippen LogP contribution in [0.15, 0.2) is 30.3 Å². The van der Waals surface area contributed by atoms with Gasteiger partial charge in [0.1, 0.15) is 10.7 Å². The van der Waals surface area contributed by atoms with Crippen LogP contribution in [0.25, 0.3) is 11.3 Å². The van der Waals surface area contributed by atoms with Gasteiger partial charge in [-0.05, 0) is 39.3 Å². The summed E-state index contributed by atoms with van der Waals surface area (Å²) in [6.45, 7) is 7.00. The van der Waals surface area contributed by atoms with E-state index in [1.165, 1.54) is 0 Å². The van der Waals surface area contributed by atoms with Crippen molar-refractivity contribution >= 4 is 34.1 Å². The lowest BCUT2D eigenvalue weighted by atomic mass is 10.1. The number of primary amides is 1. The molecular formula is C21H22N4O4S. The average Bonchev–Trinajstić information content (AvgIpc) is 3.27. The van der Waals surface area contributed by atoms with E-state index in [-0.39, 0.29) is 27.2 Å². The van der Waals surface area contributed by atoms with Crippen LogP contribution in [-0.2, 0) is 4.74 Å². The number of anilines is 1. The van der Waals surface area contributed by atoms with Gasteiger partial charge < -0.3 is 15.8 Å². The molecule has 2 heterocycles. The quantitative estimate of drug-likeness (QED) is 0.518. The molecule has 156 valence electrons. The van der Waals surface area contributed by atoms with Gasteiger partial charge >= 0.3 is 5.97 Å². The summed E-state index contributed by atoms with van der Waals surface area (Å²) >= 11 is 0.936. The van der Waals surface area contributed by atoms with Gasteiger partial charge in [-0.2, -0.15) is 5.10 Å². The van der Waals surface area contributed by atoms with Crippen LogP contribution in [0.3, 0.4) is 0 Å². The number of esters is 1. The number of nitrogens with one attached hydrogen (secondary N) is 2. The standard InChI is InChI=1S/C21H22N4O4S/c1-10(2)29-21(28)16-12(4)17(18(22)26)30-20(16)23-19(27)15-9-14(24-25-15)13-7-5-11(3)6-8-13/h5-10H,1-4H3,(H2,22,26)(H,23,27)(H,24,25). The number of aromatic amines is 1. The largest absolute Gasteiger partial charge is 0.459 e. The second-order valence-corrected chi connectivity index (χ2v) is 8.09. The predicted octanol–water partition coefficient (Wildman–Crippen LogP) is 3.67. The third-order valence-corrected chi connectivity index (χ3v) is 5.54. The van der Waals surface area contributed by atoms with Crippen molar-refractivity contribution in [3.8, 4) is 11.3 Å². The average molecular weight is 426 g/mol. The number of hydrogen-bond donors (Lipinski definition) is 3. The van der Waals surface area contributed by atoms with Crippen molar-refractivity contribution in [1.82, 2.24) is 10.2 Å². The number of H-pyrrole nitrogens is 1. The third kappa shape index (κ3) is 4.41. The summed E-state index contributed by atoms with van der Waals surface area (Å²) in [5.41, 5.74) is 8.70. The molecule has 0 atom stereocenters. The topological polar surface area (TPSA) is 127 Å². The molecule has 2 aromatic heterocycles. The molecule has 0 radical (unpaired) electrons. The van der Waals surface area contributed by atoms with Crippen molar-refractivity contribution in [2.75, 3.05) is 5.32 Å². The smallest absolute Gasteiger partial charge is 0.341 e. The molecule has 0 aliphatic heterocycles. The van der Waals surface area contributed by atoms with Gasteiger partial charge in [0.25, 0.3) is 11.8 Å². The summed E-state index contributed by atoms with van der Waals surface area (Å²) < 4.78 is 5.25. The number of benzene rings is 1. The van der Waals surface area contributed by atoms with Gasteiger partial charge in [0, 0.05) is 5.56 Å². The van der Waals surface area contributed by atoms with Crippen LogP contribution in [0.4, 0.5) is 5.00 Å². The highest BCUT2D eigenvalue weighted by Gasteiger charge is 2.27. The minimum atomic E-state index is -0.681. The van der Waals surface area contributed by atoms with Gasteiger partial charge in [-0.25, -0.2) is 4.79 Å². The summed E-state index contributed by atoms with van der Waals surface area (Å²) in [4.78, 5) is 37.2. The lowest BCUT2D eigenvalue weighted by Gasteiger charge is -2.10. The van der Waals surface area contributed by atoms with Crippen molar-refractivity contribution in [2.24, 2.45) is 5.73 Å². The van der Waals surface area contributed by atoms with E-state index in [0.29, 0.717) is 11.3 Å². The van der Waals surface area contributed by atoms with E-state index < -0.39 is 17.8 Å². The summed E-state index contributed by atoms with van der Waals surface area (Å²) in [5, 5.41) is 9.75. The number of rotatable bonds is 6. The molecule has 0 fully saturated rings. The molecule has 3 rings (SSSR count). The maximum atomic E-state index is 12.8. The van der Waals surface area contributed by atoms with Crippen LogP contribution in [0, 0.1) is 13.8 Å². The van der Waals surface area contributed by atoms with Crippen LogP contribution < -0.4 is 11.1 Å². The predicted molar refractivity (Wildman–Crippen MR) is 115 cm³/mol. The molecule has 0 bridgehead atoms. The van der Waals surface area contributed by atoms with E-state index in [4.69, 9.17) is 10.5 Å². The first-order valence-corrected chi connectivity index (χ1v) is 10.1. The van der Waals surface area contributed by atoms with Gasteiger partial charge in [-0.15, -0.1) is 11.3 Å². The number of aryl methyl sites for hydroxylation is 1. The highest BCUT2D eigenvalue weighted by atomic mass is 32.1. The summed E-state index contributed by atoms with van der Waals surface area (Å²) in [6, 6.07) is 9.35. The second-order valence-electron chi connectivity index (χ2n) is 7.07. The SMILES string of the molecule is Cc1ccc(-c2cc(C(=O)Nc3sc(C(N)=O)c(C)c3C(=O)OC(C)C)[nH]n2)cc1. The maximum Gasteiger partial charge on any atom is 0.341 e. The van der Waals surface area contributed by atoms with Crippen LogP contribution >= 0.6 is 11.3 Å². The van der Waals surface area contributed by atoms with Gasteiger partial charge in [0.05, 0.1) is 22.2 Å². The first kappa shape index (κ1) is 21.3. The van der Waals surface area contributed by atoms with Crippen LogP contribution in [0.2, 0.25) is 0 Å². The lowest BCUT2D eigenvalue weighted by Crippen LogP contribution is -2.17. The van der Waals surface area contributed by atoms with Crippen LogP contribution in [-0.4, -0.2) is 34.1 Å². The Bertz CT molecular complexity index is 1110. The number of carbonyl (C=O) groups excluding carboxylic acids is 3. The highest BCUT2D eigenvalue weighted by molar-refractivity contribution is 7.18. The zero-order chi connectivity index (χ0) is 22.0. The lowest BCUT2D eigenvalue weighted by molar-refractivity contribution is 0.0379. The second kappa shape index (κ2) is 8.50. The van der Waals surface area contributed by atoms with Crippen LogP contribution in [0.1, 0.15) is 55.5 Å². The van der Waals surface area contributed by atoms with Gasteiger partial charge in [-0.1, -0.05) is 29.8 Å². The number of carbonyl (C=O) groups is 3. The molecule has 2 amide bonds. The number of hydrogen-bond acceptors (Lipinski definition) is 6. The fraction of sp³-hybridized carbons (Fsp3) is 0.238. The Kier molecular flexibility index (Phi) is 6.02. The summed E-state index contributed by atoms with van der Waals surface area (Å²) in [5.74, 6) is -1.82. The molecule has 4 N–H and O–H groups in total. The highest BCUT2D eigenvalue weighted by Crippen LogP contribution is 2.34. The molecule has 0 saturated heterocycles. The monoisotopic (exact) mass is 426 g/mol. The third-order valence-electron chi connectivity index (χ3n) is 4.31. The minimum Gasteiger partial charge on any atom is -0.459 e. The molecule has 8 nitrogen and oxygen atoms in total. The number of thiophene rings is 1. The molecule has 0 spiro atoms. The molecular weight excluding hydrogens is 404 g/mol. The molecule has 0 unspecified atom stereocenters. The van der Waals surface area contributed by atoms with Crippen molar-refractivity contribution in [3.63, 3.8) is 0 Å². The van der Waals surface area contributed by atoms with Crippen molar-refractivity contribution < 1.29 is 19.1 Å². The fourth-order valence-electron chi connectivity index (χ4n) is 2.84. The van der Waals surface area contributed by atoms with Crippen LogP contribution in [0.5, 0.6) is 0 Å². The zero-order valence-corrected chi connectivity index (χ0v) is 17.8. The molecule has 0 aliphatic rings. The molecule has 0 aliphatic carbocycles. The number of aromatic nitrogens is 2. The normalized spacial score (nSPS) is 10.8. The Balaban J connectivity index is 1.89. The minimum absolute atomic E-state index is 0.120. The number of nitrogens with two attached hydrogens (primary N) is 1. The van der Waals surface area contributed by atoms with Crippen molar-refractivity contribution in [1.29, 1.82) is 0 Å². The first-order chi connectivity index (χ1) is 14.2. The van der Waals surface area contributed by atoms with E-state index >= 15 is 0 Å². The summed E-state index contributed by atoms with van der Waals surface area (Å²) in [7, 11) is 0. The molecule has 1 aromatic carbocycles. The van der Waals surface area contributed by atoms with E-state index in [9.17, 15) is 14.4 Å². The molecule has 9 heteroatoms. The van der Waals surface area contributed by atoms with E-state index in [1.807, 2.05) is 31.2 Å². The molecule has 0 saturated carbocycles. The van der Waals surface area contributed by atoms with E-state index in [1.54, 1.807) is 26.8 Å². The maximum absolute atomic E-state index is 12.8. The summed E-state index contributed by atoms with van der Waals surface area (Å²) in [6.07, 6.45) is -0.359. The van der Waals surface area contributed by atoms with Gasteiger partial charge in [0.15, 0.2) is 0 Å². The first-order valence-electron chi connectivity index (χ1n) is 9.25. The number of ether oxygens (including phenoxy) is 1. The van der Waals surface area contributed by atoms with E-state index in [2.05, 4.69) is 15.5 Å². The Morgan fingerprint density at radius 3 is 2.43 bits per heavy atom. The van der Waals surface area contributed by atoms with Crippen molar-refractivity contribution in [2.45, 2.75) is 33.8 Å². The van der Waals surface area contributed by atoms with Gasteiger partial charge in [-0.3, -0.25) is 14.7 Å². The Morgan fingerprint density at radius 2 is 1.83 bits per heavy atom. The fourth-order valence-corrected chi connectivity index (χ4v) is 3.88.